The van der Waals surface area contributed by atoms with Gasteiger partial charge in [-0.25, -0.2) is 0 Å². The van der Waals surface area contributed by atoms with Gasteiger partial charge in [-0.2, -0.15) is 0 Å². The summed E-state index contributed by atoms with van der Waals surface area (Å²) in [4.78, 5) is 3.26. The molecule has 3 nitrogen and oxygen atoms in total. The number of hydrogen-bond acceptors (Lipinski definition) is 3. The van der Waals surface area contributed by atoms with E-state index in [0.717, 1.165) is 6.54 Å². The molecule has 1 aromatic heterocycles. The Balaban J connectivity index is 2.15. The van der Waals surface area contributed by atoms with Crippen molar-refractivity contribution in [1.82, 2.24) is 4.90 Å². The summed E-state index contributed by atoms with van der Waals surface area (Å²) in [6.07, 6.45) is 3.05. The van der Waals surface area contributed by atoms with Crippen molar-refractivity contribution in [2.75, 3.05) is 0 Å². The van der Waals surface area contributed by atoms with Crippen molar-refractivity contribution in [3.63, 3.8) is 0 Å². The molecule has 2 aromatic rings. The van der Waals surface area contributed by atoms with Crippen molar-refractivity contribution in [2.45, 2.75) is 20.0 Å². The van der Waals surface area contributed by atoms with Gasteiger partial charge in [0, 0.05) is 11.4 Å². The van der Waals surface area contributed by atoms with E-state index >= 15 is 0 Å². The Morgan fingerprint density at radius 3 is 2.80 bits per heavy atom. The first-order valence-electron chi connectivity index (χ1n) is 6.49. The number of nitrogens with two attached hydrogens (primary N) is 1. The van der Waals surface area contributed by atoms with Crippen LogP contribution in [0.25, 0.3) is 0 Å². The standard InChI is InChI=1S/C16H19N3S/c1-13-4-2-5-14(10-13)11-19(16(18)7-8-17)12-15-6-3-9-20-15/h2-10,18H,11-12,17H2,1H3/b8-7-,18-16?. The van der Waals surface area contributed by atoms with Gasteiger partial charge in [-0.15, -0.1) is 11.3 Å². The molecule has 0 fully saturated rings. The van der Waals surface area contributed by atoms with Crippen molar-refractivity contribution in [3.05, 3.63) is 70.1 Å². The molecule has 2 rings (SSSR count). The predicted molar refractivity (Wildman–Crippen MR) is 85.8 cm³/mol. The molecule has 104 valence electrons. The minimum atomic E-state index is 0.433. The van der Waals surface area contributed by atoms with Crippen molar-refractivity contribution in [3.8, 4) is 0 Å². The molecular formula is C16H19N3S. The van der Waals surface area contributed by atoms with Crippen LogP contribution in [0.1, 0.15) is 16.0 Å². The second-order valence-corrected chi connectivity index (χ2v) is 5.70. The van der Waals surface area contributed by atoms with Crippen LogP contribution in [0.5, 0.6) is 0 Å². The molecule has 0 saturated heterocycles. The first-order chi connectivity index (χ1) is 9.69. The van der Waals surface area contributed by atoms with Crippen molar-refractivity contribution in [2.24, 2.45) is 5.73 Å². The van der Waals surface area contributed by atoms with Gasteiger partial charge in [0.1, 0.15) is 5.84 Å². The summed E-state index contributed by atoms with van der Waals surface area (Å²) in [5, 5.41) is 10.2. The van der Waals surface area contributed by atoms with Crippen molar-refractivity contribution in [1.29, 1.82) is 5.41 Å². The van der Waals surface area contributed by atoms with Crippen LogP contribution in [0.15, 0.2) is 54.1 Å². The molecule has 0 amide bonds. The predicted octanol–water partition coefficient (Wildman–Crippen LogP) is 3.51. The van der Waals surface area contributed by atoms with Crippen LogP contribution < -0.4 is 5.73 Å². The molecular weight excluding hydrogens is 266 g/mol. The summed E-state index contributed by atoms with van der Waals surface area (Å²) in [5.41, 5.74) is 7.85. The average Bonchev–Trinajstić information content (AvgIpc) is 2.91. The summed E-state index contributed by atoms with van der Waals surface area (Å²) in [5.74, 6) is 0.433. The zero-order valence-corrected chi connectivity index (χ0v) is 12.4. The van der Waals surface area contributed by atoms with E-state index in [2.05, 4.69) is 42.6 Å². The van der Waals surface area contributed by atoms with Gasteiger partial charge in [-0.1, -0.05) is 35.9 Å². The van der Waals surface area contributed by atoms with Gasteiger partial charge in [0.15, 0.2) is 0 Å². The molecule has 0 bridgehead atoms. The Hall–Kier alpha value is -2.07. The highest BCUT2D eigenvalue weighted by Crippen LogP contribution is 2.15. The Labute approximate surface area is 123 Å². The molecule has 20 heavy (non-hydrogen) atoms. The average molecular weight is 285 g/mol. The SMILES string of the molecule is Cc1cccc(CN(Cc2cccs2)C(=N)/C=C\N)c1. The molecule has 0 radical (unpaired) electrons. The Bertz CT molecular complexity index is 588. The van der Waals surface area contributed by atoms with Gasteiger partial charge in [-0.05, 0) is 36.2 Å². The van der Waals surface area contributed by atoms with Crippen molar-refractivity contribution >= 4 is 17.2 Å². The quantitative estimate of drug-likeness (QED) is 0.652. The lowest BCUT2D eigenvalue weighted by Gasteiger charge is -2.23. The van der Waals surface area contributed by atoms with Gasteiger partial charge in [0.25, 0.3) is 0 Å². The van der Waals surface area contributed by atoms with E-state index in [1.165, 1.54) is 22.2 Å². The maximum Gasteiger partial charge on any atom is 0.122 e. The van der Waals surface area contributed by atoms with E-state index in [4.69, 9.17) is 11.1 Å². The van der Waals surface area contributed by atoms with Gasteiger partial charge >= 0.3 is 0 Å². The van der Waals surface area contributed by atoms with Crippen LogP contribution >= 0.6 is 11.3 Å². The molecule has 0 atom stereocenters. The van der Waals surface area contributed by atoms with Crippen LogP contribution in [0.2, 0.25) is 0 Å². The van der Waals surface area contributed by atoms with Crippen LogP contribution in [-0.4, -0.2) is 10.7 Å². The van der Waals surface area contributed by atoms with Crippen LogP contribution in [0.3, 0.4) is 0 Å². The Kier molecular flexibility index (Phi) is 4.96. The summed E-state index contributed by atoms with van der Waals surface area (Å²) in [7, 11) is 0. The van der Waals surface area contributed by atoms with Gasteiger partial charge < -0.3 is 10.6 Å². The lowest BCUT2D eigenvalue weighted by molar-refractivity contribution is 0.409. The zero-order valence-electron chi connectivity index (χ0n) is 11.5. The Morgan fingerprint density at radius 1 is 1.30 bits per heavy atom. The molecule has 0 aliphatic rings. The van der Waals surface area contributed by atoms with Gasteiger partial charge in [0.2, 0.25) is 0 Å². The van der Waals surface area contributed by atoms with E-state index in [1.807, 2.05) is 11.0 Å². The largest absolute Gasteiger partial charge is 0.404 e. The Morgan fingerprint density at radius 2 is 2.15 bits per heavy atom. The highest BCUT2D eigenvalue weighted by atomic mass is 32.1. The zero-order chi connectivity index (χ0) is 14.4. The fourth-order valence-electron chi connectivity index (χ4n) is 2.04. The molecule has 0 spiro atoms. The van der Waals surface area contributed by atoms with Crippen LogP contribution in [0.4, 0.5) is 0 Å². The molecule has 1 aromatic carbocycles. The lowest BCUT2D eigenvalue weighted by Crippen LogP contribution is -2.27. The number of aryl methyl sites for hydroxylation is 1. The summed E-state index contributed by atoms with van der Waals surface area (Å²) < 4.78 is 0. The van der Waals surface area contributed by atoms with E-state index in [0.29, 0.717) is 12.4 Å². The normalized spacial score (nSPS) is 10.8. The number of thiophene rings is 1. The number of amidine groups is 1. The number of benzene rings is 1. The highest BCUT2D eigenvalue weighted by Gasteiger charge is 2.10. The third kappa shape index (κ3) is 3.96. The molecule has 0 aliphatic carbocycles. The summed E-state index contributed by atoms with van der Waals surface area (Å²) in [6.45, 7) is 3.52. The number of nitrogens with zero attached hydrogens (tertiary/aromatic N) is 1. The molecule has 1 heterocycles. The smallest absolute Gasteiger partial charge is 0.122 e. The fourth-order valence-corrected chi connectivity index (χ4v) is 2.76. The van der Waals surface area contributed by atoms with Crippen LogP contribution in [0, 0.1) is 12.3 Å². The van der Waals surface area contributed by atoms with E-state index in [9.17, 15) is 0 Å². The molecule has 4 heteroatoms. The topological polar surface area (TPSA) is 53.1 Å². The number of rotatable bonds is 5. The first-order valence-corrected chi connectivity index (χ1v) is 7.36. The van der Waals surface area contributed by atoms with E-state index < -0.39 is 0 Å². The highest BCUT2D eigenvalue weighted by molar-refractivity contribution is 7.09. The number of nitrogens with one attached hydrogen (secondary N) is 1. The minimum absolute atomic E-state index is 0.433. The first kappa shape index (κ1) is 14.3. The van der Waals surface area contributed by atoms with Gasteiger partial charge in [-0.3, -0.25) is 5.41 Å². The maximum atomic E-state index is 8.12. The minimum Gasteiger partial charge on any atom is -0.404 e. The monoisotopic (exact) mass is 285 g/mol. The van der Waals surface area contributed by atoms with E-state index in [1.54, 1.807) is 17.4 Å². The number of hydrogen-bond donors (Lipinski definition) is 2. The van der Waals surface area contributed by atoms with Crippen LogP contribution in [-0.2, 0) is 13.1 Å². The third-order valence-corrected chi connectivity index (χ3v) is 3.84. The second kappa shape index (κ2) is 6.91. The van der Waals surface area contributed by atoms with Gasteiger partial charge in [0.05, 0.1) is 6.54 Å². The molecule has 0 unspecified atom stereocenters. The lowest BCUT2D eigenvalue weighted by atomic mass is 10.1. The van der Waals surface area contributed by atoms with Crippen molar-refractivity contribution < 1.29 is 0 Å². The second-order valence-electron chi connectivity index (χ2n) is 4.67. The molecule has 0 aliphatic heterocycles. The third-order valence-electron chi connectivity index (χ3n) is 2.98. The summed E-state index contributed by atoms with van der Waals surface area (Å²) >= 11 is 1.71. The molecule has 0 saturated carbocycles. The molecule has 3 N–H and O–H groups in total. The van der Waals surface area contributed by atoms with E-state index in [-0.39, 0.29) is 0 Å². The fraction of sp³-hybridized carbons (Fsp3) is 0.188. The maximum absolute atomic E-state index is 8.12. The summed E-state index contributed by atoms with van der Waals surface area (Å²) in [6, 6.07) is 12.5.